The quantitative estimate of drug-likeness (QED) is 0.826. The van der Waals surface area contributed by atoms with Gasteiger partial charge in [0.25, 0.3) is 0 Å². The Morgan fingerprint density at radius 2 is 1.70 bits per heavy atom. The van der Waals surface area contributed by atoms with Gasteiger partial charge in [0.15, 0.2) is 0 Å². The van der Waals surface area contributed by atoms with E-state index in [1.165, 1.54) is 11.3 Å². The minimum absolute atomic E-state index is 0.218. The first kappa shape index (κ1) is 14.3. The van der Waals surface area contributed by atoms with Gasteiger partial charge in [0.1, 0.15) is 5.75 Å². The Labute approximate surface area is 120 Å². The molecule has 2 aromatic carbocycles. The van der Waals surface area contributed by atoms with Crippen LogP contribution in [0, 0.1) is 6.92 Å². The molecule has 0 saturated carbocycles. The fraction of sp³-hybridized carbons (Fsp3) is 0.294. The van der Waals surface area contributed by atoms with Crippen LogP contribution in [0.15, 0.2) is 42.5 Å². The average molecular weight is 270 g/mol. The van der Waals surface area contributed by atoms with E-state index in [-0.39, 0.29) is 6.04 Å². The molecule has 2 aromatic rings. The number of anilines is 2. The van der Waals surface area contributed by atoms with E-state index in [0.29, 0.717) is 5.75 Å². The number of rotatable bonds is 4. The predicted octanol–water partition coefficient (Wildman–Crippen LogP) is 3.94. The summed E-state index contributed by atoms with van der Waals surface area (Å²) in [6.07, 6.45) is 0. The fourth-order valence-electron chi connectivity index (χ4n) is 2.14. The Bertz CT molecular complexity index is 576. The standard InChI is InChI=1S/C17H22N2O/c1-12-11-15(7-10-17(12)20)18-13(2)14-5-8-16(9-6-14)19(3)4/h5-11,13,18,20H,1-4H3. The van der Waals surface area contributed by atoms with Crippen molar-refractivity contribution in [1.29, 1.82) is 0 Å². The average Bonchev–Trinajstić information content (AvgIpc) is 2.43. The zero-order chi connectivity index (χ0) is 14.7. The van der Waals surface area contributed by atoms with Gasteiger partial charge in [-0.3, -0.25) is 0 Å². The summed E-state index contributed by atoms with van der Waals surface area (Å²) in [6.45, 7) is 4.03. The molecule has 3 nitrogen and oxygen atoms in total. The van der Waals surface area contributed by atoms with Crippen LogP contribution in [0.2, 0.25) is 0 Å². The van der Waals surface area contributed by atoms with Crippen molar-refractivity contribution in [3.63, 3.8) is 0 Å². The van der Waals surface area contributed by atoms with Crippen LogP contribution >= 0.6 is 0 Å². The van der Waals surface area contributed by atoms with Crippen LogP contribution in [0.25, 0.3) is 0 Å². The van der Waals surface area contributed by atoms with Gasteiger partial charge in [-0.2, -0.15) is 0 Å². The lowest BCUT2D eigenvalue weighted by molar-refractivity contribution is 0.471. The van der Waals surface area contributed by atoms with Crippen LogP contribution in [0.1, 0.15) is 24.1 Å². The van der Waals surface area contributed by atoms with Crippen LogP contribution in [-0.4, -0.2) is 19.2 Å². The van der Waals surface area contributed by atoms with Gasteiger partial charge in [-0.25, -0.2) is 0 Å². The van der Waals surface area contributed by atoms with Gasteiger partial charge >= 0.3 is 0 Å². The van der Waals surface area contributed by atoms with E-state index in [2.05, 4.69) is 41.4 Å². The van der Waals surface area contributed by atoms with E-state index >= 15 is 0 Å². The summed E-state index contributed by atoms with van der Waals surface area (Å²) >= 11 is 0. The lowest BCUT2D eigenvalue weighted by Crippen LogP contribution is -2.10. The maximum atomic E-state index is 9.54. The number of aromatic hydroxyl groups is 1. The van der Waals surface area contributed by atoms with Crippen LogP contribution < -0.4 is 10.2 Å². The third kappa shape index (κ3) is 3.23. The lowest BCUT2D eigenvalue weighted by Gasteiger charge is -2.18. The molecule has 0 radical (unpaired) electrons. The van der Waals surface area contributed by atoms with Crippen molar-refractivity contribution < 1.29 is 5.11 Å². The molecular weight excluding hydrogens is 248 g/mol. The third-order valence-electron chi connectivity index (χ3n) is 3.49. The van der Waals surface area contributed by atoms with Gasteiger partial charge in [-0.1, -0.05) is 12.1 Å². The van der Waals surface area contributed by atoms with Gasteiger partial charge in [0.2, 0.25) is 0 Å². The Morgan fingerprint density at radius 3 is 2.25 bits per heavy atom. The van der Waals surface area contributed by atoms with Gasteiger partial charge in [-0.15, -0.1) is 0 Å². The Kier molecular flexibility index (Phi) is 4.18. The number of phenolic OH excluding ortho intramolecular Hbond substituents is 1. The van der Waals surface area contributed by atoms with E-state index < -0.39 is 0 Å². The molecule has 1 unspecified atom stereocenters. The van der Waals surface area contributed by atoms with Gasteiger partial charge in [0, 0.05) is 31.5 Å². The zero-order valence-electron chi connectivity index (χ0n) is 12.5. The molecule has 106 valence electrons. The van der Waals surface area contributed by atoms with E-state index in [1.54, 1.807) is 6.07 Å². The topological polar surface area (TPSA) is 35.5 Å². The Hall–Kier alpha value is -2.16. The first-order valence-corrected chi connectivity index (χ1v) is 6.81. The molecule has 3 heteroatoms. The van der Waals surface area contributed by atoms with E-state index in [1.807, 2.05) is 33.2 Å². The monoisotopic (exact) mass is 270 g/mol. The molecule has 0 amide bonds. The molecular formula is C17H22N2O. The largest absolute Gasteiger partial charge is 0.508 e. The van der Waals surface area contributed by atoms with E-state index in [4.69, 9.17) is 0 Å². The normalized spacial score (nSPS) is 12.0. The Morgan fingerprint density at radius 1 is 1.05 bits per heavy atom. The highest BCUT2D eigenvalue weighted by molar-refractivity contribution is 5.52. The second-order valence-electron chi connectivity index (χ2n) is 5.35. The molecule has 0 bridgehead atoms. The molecule has 0 aliphatic carbocycles. The predicted molar refractivity (Wildman–Crippen MR) is 85.7 cm³/mol. The highest BCUT2D eigenvalue weighted by Crippen LogP contribution is 2.25. The third-order valence-corrected chi connectivity index (χ3v) is 3.49. The molecule has 0 aliphatic rings. The molecule has 0 aromatic heterocycles. The molecule has 0 fully saturated rings. The maximum Gasteiger partial charge on any atom is 0.118 e. The van der Waals surface area contributed by atoms with Crippen LogP contribution in [0.5, 0.6) is 5.75 Å². The number of aryl methyl sites for hydroxylation is 1. The molecule has 2 rings (SSSR count). The summed E-state index contributed by atoms with van der Waals surface area (Å²) in [5.41, 5.74) is 4.33. The minimum atomic E-state index is 0.218. The van der Waals surface area contributed by atoms with Gasteiger partial charge in [0.05, 0.1) is 0 Å². The maximum absolute atomic E-state index is 9.54. The summed E-state index contributed by atoms with van der Waals surface area (Å²) < 4.78 is 0. The van der Waals surface area contributed by atoms with Crippen molar-refractivity contribution in [2.24, 2.45) is 0 Å². The van der Waals surface area contributed by atoms with Crippen molar-refractivity contribution in [2.45, 2.75) is 19.9 Å². The zero-order valence-corrected chi connectivity index (χ0v) is 12.5. The number of phenols is 1. The summed E-state index contributed by atoms with van der Waals surface area (Å²) in [5.74, 6) is 0.332. The molecule has 0 aliphatic heterocycles. The number of nitrogens with one attached hydrogen (secondary N) is 1. The number of nitrogens with zero attached hydrogens (tertiary/aromatic N) is 1. The van der Waals surface area contributed by atoms with E-state index in [0.717, 1.165) is 11.3 Å². The van der Waals surface area contributed by atoms with Crippen molar-refractivity contribution >= 4 is 11.4 Å². The summed E-state index contributed by atoms with van der Waals surface area (Å²) in [7, 11) is 4.08. The number of hydrogen-bond donors (Lipinski definition) is 2. The molecule has 0 heterocycles. The fourth-order valence-corrected chi connectivity index (χ4v) is 2.14. The second-order valence-corrected chi connectivity index (χ2v) is 5.35. The molecule has 1 atom stereocenters. The molecule has 0 spiro atoms. The van der Waals surface area contributed by atoms with Crippen LogP contribution in [0.3, 0.4) is 0 Å². The first-order valence-electron chi connectivity index (χ1n) is 6.81. The van der Waals surface area contributed by atoms with Gasteiger partial charge < -0.3 is 15.3 Å². The SMILES string of the molecule is Cc1cc(NC(C)c2ccc(N(C)C)cc2)ccc1O. The highest BCUT2D eigenvalue weighted by atomic mass is 16.3. The summed E-state index contributed by atoms with van der Waals surface area (Å²) in [4.78, 5) is 2.09. The highest BCUT2D eigenvalue weighted by Gasteiger charge is 2.06. The Balaban J connectivity index is 2.10. The van der Waals surface area contributed by atoms with Crippen LogP contribution in [-0.2, 0) is 0 Å². The summed E-state index contributed by atoms with van der Waals surface area (Å²) in [5, 5.41) is 13.0. The van der Waals surface area contributed by atoms with Crippen molar-refractivity contribution in [3.8, 4) is 5.75 Å². The van der Waals surface area contributed by atoms with Crippen LogP contribution in [0.4, 0.5) is 11.4 Å². The minimum Gasteiger partial charge on any atom is -0.508 e. The number of benzene rings is 2. The number of hydrogen-bond acceptors (Lipinski definition) is 3. The molecule has 0 saturated heterocycles. The molecule has 20 heavy (non-hydrogen) atoms. The van der Waals surface area contributed by atoms with Crippen molar-refractivity contribution in [1.82, 2.24) is 0 Å². The van der Waals surface area contributed by atoms with Gasteiger partial charge in [-0.05, 0) is 55.3 Å². The second kappa shape index (κ2) is 5.87. The molecule has 2 N–H and O–H groups in total. The van der Waals surface area contributed by atoms with Crippen molar-refractivity contribution in [3.05, 3.63) is 53.6 Å². The smallest absolute Gasteiger partial charge is 0.118 e. The van der Waals surface area contributed by atoms with Crippen molar-refractivity contribution in [2.75, 3.05) is 24.3 Å². The first-order chi connectivity index (χ1) is 9.47. The summed E-state index contributed by atoms with van der Waals surface area (Å²) in [6, 6.07) is 14.3. The lowest BCUT2D eigenvalue weighted by atomic mass is 10.1. The van der Waals surface area contributed by atoms with E-state index in [9.17, 15) is 5.11 Å².